The van der Waals surface area contributed by atoms with Crippen LogP contribution >= 0.6 is 0 Å². The van der Waals surface area contributed by atoms with Crippen molar-refractivity contribution in [2.24, 2.45) is 5.73 Å². The van der Waals surface area contributed by atoms with Crippen LogP contribution in [0.25, 0.3) is 6.08 Å². The minimum Gasteiger partial charge on any atom is -0.341 e. The zero-order chi connectivity index (χ0) is 28.3. The molecule has 1 fully saturated rings. The second-order valence-corrected chi connectivity index (χ2v) is 10.4. The first kappa shape index (κ1) is 29.2. The molecule has 1 heterocycles. The molecular formula is C33H39FN4O2. The van der Waals surface area contributed by atoms with Crippen LogP contribution in [0.4, 0.5) is 4.39 Å². The van der Waals surface area contributed by atoms with Crippen molar-refractivity contribution in [3.63, 3.8) is 0 Å². The van der Waals surface area contributed by atoms with Gasteiger partial charge >= 0.3 is 0 Å². The van der Waals surface area contributed by atoms with E-state index in [1.165, 1.54) is 29.3 Å². The van der Waals surface area contributed by atoms with Crippen LogP contribution in [0, 0.1) is 5.82 Å². The lowest BCUT2D eigenvalue weighted by Crippen LogP contribution is -2.49. The predicted molar refractivity (Wildman–Crippen MR) is 158 cm³/mol. The van der Waals surface area contributed by atoms with Gasteiger partial charge in [-0.15, -0.1) is 0 Å². The molecule has 4 rings (SSSR count). The lowest BCUT2D eigenvalue weighted by molar-refractivity contribution is -0.133. The highest BCUT2D eigenvalue weighted by Gasteiger charge is 2.33. The maximum Gasteiger partial charge on any atom is 0.246 e. The van der Waals surface area contributed by atoms with E-state index in [9.17, 15) is 14.0 Å². The van der Waals surface area contributed by atoms with Crippen molar-refractivity contribution in [1.82, 2.24) is 15.1 Å². The number of nitrogens with zero attached hydrogens (tertiary/aromatic N) is 2. The summed E-state index contributed by atoms with van der Waals surface area (Å²) in [5.41, 5.74) is 8.91. The van der Waals surface area contributed by atoms with E-state index in [2.05, 4.69) is 29.6 Å². The molecule has 1 unspecified atom stereocenters. The number of hydrogen-bond donors (Lipinski definition) is 2. The lowest BCUT2D eigenvalue weighted by atomic mass is 9.90. The van der Waals surface area contributed by atoms with Gasteiger partial charge in [-0.1, -0.05) is 72.8 Å². The van der Waals surface area contributed by atoms with Gasteiger partial charge in [0.15, 0.2) is 0 Å². The number of benzene rings is 3. The third kappa shape index (κ3) is 8.10. The van der Waals surface area contributed by atoms with Crippen LogP contribution in [0.15, 0.2) is 91.0 Å². The van der Waals surface area contributed by atoms with E-state index in [0.29, 0.717) is 32.6 Å². The first-order valence-corrected chi connectivity index (χ1v) is 14.0. The van der Waals surface area contributed by atoms with E-state index in [1.807, 2.05) is 41.3 Å². The summed E-state index contributed by atoms with van der Waals surface area (Å²) in [5.74, 6) is -0.325. The largest absolute Gasteiger partial charge is 0.341 e. The van der Waals surface area contributed by atoms with Gasteiger partial charge in [0.2, 0.25) is 11.8 Å². The fraction of sp³-hybridized carbons (Fsp3) is 0.333. The van der Waals surface area contributed by atoms with Gasteiger partial charge in [-0.25, -0.2) is 4.39 Å². The summed E-state index contributed by atoms with van der Waals surface area (Å²) in [6.45, 7) is 2.15. The smallest absolute Gasteiger partial charge is 0.246 e. The van der Waals surface area contributed by atoms with Crippen molar-refractivity contribution in [3.8, 4) is 0 Å². The average molecular weight is 543 g/mol. The van der Waals surface area contributed by atoms with Gasteiger partial charge in [-0.05, 0) is 60.7 Å². The third-order valence-corrected chi connectivity index (χ3v) is 7.46. The van der Waals surface area contributed by atoms with Crippen LogP contribution < -0.4 is 11.1 Å². The third-order valence-electron chi connectivity index (χ3n) is 7.46. The number of carbonyl (C=O) groups is 2. The molecule has 3 aromatic carbocycles. The topological polar surface area (TPSA) is 78.7 Å². The van der Waals surface area contributed by atoms with Gasteiger partial charge in [-0.3, -0.25) is 9.59 Å². The van der Waals surface area contributed by atoms with Crippen LogP contribution in [-0.2, 0) is 9.59 Å². The van der Waals surface area contributed by atoms with E-state index in [0.717, 1.165) is 18.4 Å². The Kier molecular flexibility index (Phi) is 10.6. The number of amides is 2. The summed E-state index contributed by atoms with van der Waals surface area (Å²) >= 11 is 0. The summed E-state index contributed by atoms with van der Waals surface area (Å²) in [6.07, 6.45) is 5.28. The van der Waals surface area contributed by atoms with Crippen LogP contribution in [0.2, 0.25) is 0 Å². The van der Waals surface area contributed by atoms with Crippen LogP contribution in [0.1, 0.15) is 41.9 Å². The van der Waals surface area contributed by atoms with Crippen molar-refractivity contribution in [2.75, 3.05) is 33.2 Å². The Balaban J connectivity index is 1.47. The second-order valence-electron chi connectivity index (χ2n) is 10.4. The molecule has 210 valence electrons. The summed E-state index contributed by atoms with van der Waals surface area (Å²) < 4.78 is 13.2. The first-order chi connectivity index (χ1) is 19.4. The molecule has 1 saturated heterocycles. The zero-order valence-electron chi connectivity index (χ0n) is 23.1. The van der Waals surface area contributed by atoms with E-state index < -0.39 is 0 Å². The Morgan fingerprint density at radius 2 is 1.68 bits per heavy atom. The monoisotopic (exact) mass is 542 g/mol. The lowest BCUT2D eigenvalue weighted by Gasteiger charge is -2.29. The predicted octanol–water partition coefficient (Wildman–Crippen LogP) is 4.43. The molecule has 0 bridgehead atoms. The Morgan fingerprint density at radius 3 is 2.27 bits per heavy atom. The number of hydrogen-bond acceptors (Lipinski definition) is 4. The number of carbonyl (C=O) groups excluding carboxylic acids is 2. The molecule has 7 heteroatoms. The number of rotatable bonds is 11. The molecule has 2 atom stereocenters. The number of nitrogens with one attached hydrogen (secondary N) is 1. The Labute approximate surface area is 236 Å². The number of likely N-dealkylation sites (N-methyl/N-ethyl adjacent to an activating group) is 1. The van der Waals surface area contributed by atoms with Crippen molar-refractivity contribution < 1.29 is 14.0 Å². The first-order valence-electron chi connectivity index (χ1n) is 14.0. The minimum atomic E-state index is -0.360. The summed E-state index contributed by atoms with van der Waals surface area (Å²) in [5, 5.41) is 3.54. The molecule has 40 heavy (non-hydrogen) atoms. The van der Waals surface area contributed by atoms with E-state index in [-0.39, 0.29) is 35.6 Å². The van der Waals surface area contributed by atoms with Gasteiger partial charge in [0.05, 0.1) is 6.04 Å². The Bertz CT molecular complexity index is 1210. The molecule has 3 N–H and O–H groups in total. The molecule has 6 nitrogen and oxygen atoms in total. The summed E-state index contributed by atoms with van der Waals surface area (Å²) in [4.78, 5) is 30.3. The molecule has 0 radical (unpaired) electrons. The highest BCUT2D eigenvalue weighted by molar-refractivity contribution is 5.91. The Morgan fingerprint density at radius 1 is 1.05 bits per heavy atom. The van der Waals surface area contributed by atoms with Gasteiger partial charge < -0.3 is 20.9 Å². The molecule has 2 amide bonds. The molecule has 3 aromatic rings. The maximum absolute atomic E-state index is 13.8. The van der Waals surface area contributed by atoms with Crippen molar-refractivity contribution in [1.29, 1.82) is 0 Å². The summed E-state index contributed by atoms with van der Waals surface area (Å²) in [6, 6.07) is 26.2. The maximum atomic E-state index is 13.8. The molecule has 0 saturated carbocycles. The fourth-order valence-corrected chi connectivity index (χ4v) is 5.22. The highest BCUT2D eigenvalue weighted by atomic mass is 19.1. The van der Waals surface area contributed by atoms with Gasteiger partial charge in [0, 0.05) is 44.7 Å². The van der Waals surface area contributed by atoms with E-state index >= 15 is 0 Å². The number of nitrogens with two attached hydrogens (primary N) is 1. The van der Waals surface area contributed by atoms with Gasteiger partial charge in [0.25, 0.3) is 0 Å². The van der Waals surface area contributed by atoms with Crippen LogP contribution in [0.3, 0.4) is 0 Å². The van der Waals surface area contributed by atoms with Gasteiger partial charge in [-0.2, -0.15) is 0 Å². The molecule has 0 aliphatic carbocycles. The molecule has 1 aliphatic rings. The SMILES string of the molecule is CN(CC1CCN(CC(c2ccccc2)c2ccccc2)C(=O)[C@H](CCCN)N1)C(=O)/C=C/c1ccc(F)cc1. The van der Waals surface area contributed by atoms with E-state index in [1.54, 1.807) is 30.2 Å². The molecule has 0 spiro atoms. The Hall–Kier alpha value is -3.81. The summed E-state index contributed by atoms with van der Waals surface area (Å²) in [7, 11) is 1.76. The van der Waals surface area contributed by atoms with Crippen LogP contribution in [0.5, 0.6) is 0 Å². The molecular weight excluding hydrogens is 503 g/mol. The normalized spacial score (nSPS) is 17.8. The van der Waals surface area contributed by atoms with Crippen molar-refractivity contribution in [2.45, 2.75) is 37.3 Å². The van der Waals surface area contributed by atoms with Crippen molar-refractivity contribution >= 4 is 17.9 Å². The molecule has 0 aromatic heterocycles. The highest BCUT2D eigenvalue weighted by Crippen LogP contribution is 2.27. The quantitative estimate of drug-likeness (QED) is 0.352. The van der Waals surface area contributed by atoms with Crippen molar-refractivity contribution in [3.05, 3.63) is 114 Å². The minimum absolute atomic E-state index is 0.0446. The number of halogens is 1. The van der Waals surface area contributed by atoms with E-state index in [4.69, 9.17) is 5.73 Å². The molecule has 1 aliphatic heterocycles. The standard InChI is InChI=1S/C33H39FN4O2/c1-37(32(39)19-16-25-14-17-28(34)18-15-25)23-29-20-22-38(33(40)31(36-29)13-8-21-35)24-30(26-9-4-2-5-10-26)27-11-6-3-7-12-27/h2-7,9-12,14-19,29-31,36H,8,13,20-24,35H2,1H3/b19-16+/t29?,31-/m0/s1. The van der Waals surface area contributed by atoms with Crippen LogP contribution in [-0.4, -0.2) is 66.9 Å². The van der Waals surface area contributed by atoms with Gasteiger partial charge in [0.1, 0.15) is 5.82 Å². The zero-order valence-corrected chi connectivity index (χ0v) is 23.1. The average Bonchev–Trinajstić information content (AvgIpc) is 3.13. The second kappa shape index (κ2) is 14.5. The fourth-order valence-electron chi connectivity index (χ4n) is 5.22.